The van der Waals surface area contributed by atoms with Gasteiger partial charge in [0.1, 0.15) is 12.6 Å². The minimum Gasteiger partial charge on any atom is -0.460 e. The lowest BCUT2D eigenvalue weighted by molar-refractivity contribution is -0.153. The molecule has 178 valence electrons. The van der Waals surface area contributed by atoms with Crippen LogP contribution in [0.2, 0.25) is 0 Å². The van der Waals surface area contributed by atoms with E-state index in [1.165, 1.54) is 0 Å². The third-order valence-electron chi connectivity index (χ3n) is 7.66. The van der Waals surface area contributed by atoms with E-state index in [-0.39, 0.29) is 24.9 Å². The van der Waals surface area contributed by atoms with Crippen molar-refractivity contribution < 1.29 is 14.3 Å². The topological polar surface area (TPSA) is 46.6 Å². The second-order valence-electron chi connectivity index (χ2n) is 9.59. The molecule has 4 heteroatoms. The Morgan fingerprint density at radius 1 is 0.806 bits per heavy atom. The van der Waals surface area contributed by atoms with Crippen molar-refractivity contribution in [3.63, 3.8) is 0 Å². The number of nitrogens with zero attached hydrogens (tertiary/aromatic N) is 1. The Morgan fingerprint density at radius 2 is 1.33 bits per heavy atom. The summed E-state index contributed by atoms with van der Waals surface area (Å²) in [5, 5.41) is 0. The van der Waals surface area contributed by atoms with Crippen molar-refractivity contribution in [3.8, 4) is 11.1 Å². The molecule has 0 N–H and O–H groups in total. The molecule has 1 saturated heterocycles. The van der Waals surface area contributed by atoms with Crippen LogP contribution < -0.4 is 0 Å². The van der Waals surface area contributed by atoms with Gasteiger partial charge in [0.15, 0.2) is 5.78 Å². The molecule has 0 amide bonds. The molecule has 4 aromatic carbocycles. The van der Waals surface area contributed by atoms with E-state index in [9.17, 15) is 9.59 Å². The molecule has 4 nitrogen and oxygen atoms in total. The number of hydrogen-bond donors (Lipinski definition) is 0. The number of fused-ring (bicyclic) bond motifs is 3. The minimum absolute atomic E-state index is 0.0498. The molecular formula is C32H27NO3. The van der Waals surface area contributed by atoms with Crippen LogP contribution in [0.25, 0.3) is 11.1 Å². The first-order valence-corrected chi connectivity index (χ1v) is 12.4. The maximum absolute atomic E-state index is 13.7. The monoisotopic (exact) mass is 473 g/mol. The first-order chi connectivity index (χ1) is 17.6. The summed E-state index contributed by atoms with van der Waals surface area (Å²) in [4.78, 5) is 29.1. The number of carbonyl (C=O) groups is 2. The standard InChI is InChI=1S/C32H27NO3/c1-22-29(34)20-33(30(22)31(35)36-21-23-12-4-2-5-13-23)32(24-14-6-3-7-15-24)27-18-10-8-16-25(27)26-17-9-11-19-28(26)32/h2-19,22,30H,20-21H2,1H3/t22?,30-/m0/s1. The van der Waals surface area contributed by atoms with Gasteiger partial charge < -0.3 is 4.74 Å². The van der Waals surface area contributed by atoms with E-state index >= 15 is 0 Å². The second-order valence-corrected chi connectivity index (χ2v) is 9.59. The summed E-state index contributed by atoms with van der Waals surface area (Å²) in [6.07, 6.45) is 0. The van der Waals surface area contributed by atoms with Crippen LogP contribution in [0.15, 0.2) is 109 Å². The minimum atomic E-state index is -0.786. The summed E-state index contributed by atoms with van der Waals surface area (Å²) in [7, 11) is 0. The zero-order chi connectivity index (χ0) is 24.7. The number of likely N-dealkylation sites (tertiary alicyclic amines) is 1. The second kappa shape index (κ2) is 8.89. The molecule has 1 aliphatic carbocycles. The van der Waals surface area contributed by atoms with E-state index in [2.05, 4.69) is 41.3 Å². The Bertz CT molecular complexity index is 1380. The van der Waals surface area contributed by atoms with Gasteiger partial charge in [-0.15, -0.1) is 0 Å². The maximum Gasteiger partial charge on any atom is 0.324 e. The van der Waals surface area contributed by atoms with Gasteiger partial charge in [0.2, 0.25) is 0 Å². The van der Waals surface area contributed by atoms with Crippen molar-refractivity contribution in [2.75, 3.05) is 6.54 Å². The van der Waals surface area contributed by atoms with Gasteiger partial charge in [0.25, 0.3) is 0 Å². The molecule has 1 fully saturated rings. The number of esters is 1. The largest absolute Gasteiger partial charge is 0.460 e. The smallest absolute Gasteiger partial charge is 0.324 e. The van der Waals surface area contributed by atoms with Crippen LogP contribution in [0.4, 0.5) is 0 Å². The average Bonchev–Trinajstić information content (AvgIpc) is 3.40. The van der Waals surface area contributed by atoms with Crippen LogP contribution >= 0.6 is 0 Å². The molecule has 2 aliphatic rings. The van der Waals surface area contributed by atoms with Gasteiger partial charge in [-0.05, 0) is 33.4 Å². The normalized spacial score (nSPS) is 20.1. The predicted octanol–water partition coefficient (Wildman–Crippen LogP) is 5.59. The van der Waals surface area contributed by atoms with E-state index in [1.807, 2.05) is 79.7 Å². The quantitative estimate of drug-likeness (QED) is 0.355. The summed E-state index contributed by atoms with van der Waals surface area (Å²) in [6.45, 7) is 2.20. The maximum atomic E-state index is 13.7. The molecule has 0 spiro atoms. The summed E-state index contributed by atoms with van der Waals surface area (Å²) in [5.74, 6) is -0.794. The SMILES string of the molecule is CC1C(=O)CN(C2(c3ccccc3)c3ccccc3-c3ccccc32)[C@@H]1C(=O)OCc1ccccc1. The fraction of sp³-hybridized carbons (Fsp3) is 0.188. The van der Waals surface area contributed by atoms with Gasteiger partial charge in [-0.3, -0.25) is 14.5 Å². The van der Waals surface area contributed by atoms with Crippen LogP contribution in [0.3, 0.4) is 0 Å². The summed E-state index contributed by atoms with van der Waals surface area (Å²) < 4.78 is 5.84. The van der Waals surface area contributed by atoms with Crippen molar-refractivity contribution in [2.45, 2.75) is 25.1 Å². The van der Waals surface area contributed by atoms with Gasteiger partial charge in [-0.25, -0.2) is 0 Å². The highest BCUT2D eigenvalue weighted by Gasteiger charge is 2.57. The van der Waals surface area contributed by atoms with Gasteiger partial charge >= 0.3 is 5.97 Å². The molecular weight excluding hydrogens is 446 g/mol. The molecule has 0 saturated carbocycles. The van der Waals surface area contributed by atoms with Crippen LogP contribution in [-0.4, -0.2) is 29.2 Å². The summed E-state index contributed by atoms with van der Waals surface area (Å²) in [6, 6.07) is 35.8. The summed E-state index contributed by atoms with van der Waals surface area (Å²) >= 11 is 0. The zero-order valence-electron chi connectivity index (χ0n) is 20.1. The third-order valence-corrected chi connectivity index (χ3v) is 7.66. The number of ketones is 1. The van der Waals surface area contributed by atoms with E-state index in [0.29, 0.717) is 0 Å². The van der Waals surface area contributed by atoms with Crippen molar-refractivity contribution in [1.29, 1.82) is 0 Å². The highest BCUT2D eigenvalue weighted by molar-refractivity contribution is 5.95. The van der Waals surface area contributed by atoms with E-state index in [1.54, 1.807) is 0 Å². The number of benzene rings is 4. The Hall–Kier alpha value is -4.02. The van der Waals surface area contributed by atoms with Gasteiger partial charge in [-0.2, -0.15) is 0 Å². The molecule has 1 aliphatic heterocycles. The van der Waals surface area contributed by atoms with Crippen LogP contribution in [0.1, 0.15) is 29.2 Å². The Kier molecular flexibility index (Phi) is 5.54. The number of carbonyl (C=O) groups excluding carboxylic acids is 2. The molecule has 0 bridgehead atoms. The van der Waals surface area contributed by atoms with Crippen LogP contribution in [0, 0.1) is 5.92 Å². The molecule has 6 rings (SSSR count). The fourth-order valence-electron chi connectivity index (χ4n) is 6.01. The highest BCUT2D eigenvalue weighted by atomic mass is 16.5. The van der Waals surface area contributed by atoms with Gasteiger partial charge in [-0.1, -0.05) is 116 Å². The lowest BCUT2D eigenvalue weighted by atomic mass is 9.78. The number of rotatable bonds is 5. The van der Waals surface area contributed by atoms with Crippen molar-refractivity contribution in [3.05, 3.63) is 131 Å². The Labute approximate surface area is 211 Å². The lowest BCUT2D eigenvalue weighted by Crippen LogP contribution is -2.53. The average molecular weight is 474 g/mol. The van der Waals surface area contributed by atoms with Crippen molar-refractivity contribution >= 4 is 11.8 Å². The lowest BCUT2D eigenvalue weighted by Gasteiger charge is -2.43. The number of hydrogen-bond acceptors (Lipinski definition) is 4. The van der Waals surface area contributed by atoms with Crippen LogP contribution in [0.5, 0.6) is 0 Å². The Morgan fingerprint density at radius 3 is 1.94 bits per heavy atom. The van der Waals surface area contributed by atoms with E-state index < -0.39 is 17.5 Å². The first-order valence-electron chi connectivity index (χ1n) is 12.4. The Balaban J connectivity index is 1.52. The number of Topliss-reactive ketones (excluding diaryl/α,β-unsaturated/α-hetero) is 1. The predicted molar refractivity (Wildman–Crippen MR) is 139 cm³/mol. The van der Waals surface area contributed by atoms with Crippen molar-refractivity contribution in [1.82, 2.24) is 4.90 Å². The van der Waals surface area contributed by atoms with Gasteiger partial charge in [0.05, 0.1) is 12.1 Å². The summed E-state index contributed by atoms with van der Waals surface area (Å²) in [5.41, 5.74) is 5.58. The molecule has 0 aromatic heterocycles. The first kappa shape index (κ1) is 22.4. The zero-order valence-corrected chi connectivity index (χ0v) is 20.1. The molecule has 0 radical (unpaired) electrons. The third kappa shape index (κ3) is 3.33. The van der Waals surface area contributed by atoms with Crippen LogP contribution in [-0.2, 0) is 26.5 Å². The van der Waals surface area contributed by atoms with E-state index in [4.69, 9.17) is 4.74 Å². The van der Waals surface area contributed by atoms with E-state index in [0.717, 1.165) is 33.4 Å². The molecule has 1 heterocycles. The molecule has 36 heavy (non-hydrogen) atoms. The molecule has 4 aromatic rings. The van der Waals surface area contributed by atoms with Gasteiger partial charge in [0, 0.05) is 5.92 Å². The molecule has 1 unspecified atom stereocenters. The number of ether oxygens (including phenoxy) is 1. The fourth-order valence-corrected chi connectivity index (χ4v) is 6.01. The van der Waals surface area contributed by atoms with Crippen molar-refractivity contribution in [2.24, 2.45) is 5.92 Å². The highest BCUT2D eigenvalue weighted by Crippen LogP contribution is 2.56. The molecule has 2 atom stereocenters.